The fraction of sp³-hybridized carbons (Fsp3) is 0.364. The van der Waals surface area contributed by atoms with E-state index in [0.29, 0.717) is 5.56 Å². The Hall–Kier alpha value is -1.49. The molecule has 1 rings (SSSR count). The minimum Gasteiger partial charge on any atom is -0.480 e. The lowest BCUT2D eigenvalue weighted by Gasteiger charge is -2.07. The van der Waals surface area contributed by atoms with E-state index in [1.165, 1.54) is 0 Å². The molecule has 16 heavy (non-hydrogen) atoms. The van der Waals surface area contributed by atoms with Crippen molar-refractivity contribution < 1.29 is 18.7 Å². The third-order valence-corrected chi connectivity index (χ3v) is 2.26. The van der Waals surface area contributed by atoms with Gasteiger partial charge in [0.25, 0.3) is 0 Å². The summed E-state index contributed by atoms with van der Waals surface area (Å²) in [7, 11) is 0. The molecule has 0 amide bonds. The van der Waals surface area contributed by atoms with E-state index >= 15 is 0 Å². The summed E-state index contributed by atoms with van der Waals surface area (Å²) in [5.74, 6) is -1.11. The second-order valence-electron chi connectivity index (χ2n) is 3.49. The lowest BCUT2D eigenvalue weighted by molar-refractivity contribution is -0.138. The van der Waals surface area contributed by atoms with Crippen molar-refractivity contribution in [1.82, 2.24) is 0 Å². The largest absolute Gasteiger partial charge is 0.480 e. The highest BCUT2D eigenvalue weighted by molar-refractivity contribution is 5.75. The number of hydrogen-bond donors (Lipinski definition) is 2. The number of hydrogen-bond acceptors (Lipinski definition) is 2. The zero-order chi connectivity index (χ0) is 12.1. The molecular weight excluding hydrogens is 216 g/mol. The van der Waals surface area contributed by atoms with Crippen LogP contribution in [0.15, 0.2) is 24.3 Å². The van der Waals surface area contributed by atoms with Gasteiger partial charge in [0.15, 0.2) is 0 Å². The Morgan fingerprint density at radius 2 is 1.88 bits per heavy atom. The molecule has 0 fully saturated rings. The maximum Gasteiger partial charge on any atom is 0.325 e. The van der Waals surface area contributed by atoms with Crippen LogP contribution in [-0.4, -0.2) is 17.5 Å². The van der Waals surface area contributed by atoms with Gasteiger partial charge in [-0.15, -0.1) is 0 Å². The van der Waals surface area contributed by atoms with Gasteiger partial charge in [0.05, 0.1) is 0 Å². The Kier molecular flexibility index (Phi) is 4.37. The van der Waals surface area contributed by atoms with E-state index in [1.807, 2.05) is 0 Å². The molecule has 3 N–H and O–H groups in total. The van der Waals surface area contributed by atoms with Crippen molar-refractivity contribution in [3.05, 3.63) is 35.4 Å². The number of halogens is 2. The third kappa shape index (κ3) is 3.58. The summed E-state index contributed by atoms with van der Waals surface area (Å²) in [6.07, 6.45) is -2.23. The fourth-order valence-electron chi connectivity index (χ4n) is 1.31. The molecule has 3 nitrogen and oxygen atoms in total. The van der Waals surface area contributed by atoms with Gasteiger partial charge >= 0.3 is 5.97 Å². The number of alkyl halides is 2. The number of aliphatic carboxylic acids is 1. The van der Waals surface area contributed by atoms with Crippen molar-refractivity contribution in [2.75, 3.05) is 0 Å². The summed E-state index contributed by atoms with van der Waals surface area (Å²) < 4.78 is 23.9. The standard InChI is InChI=1S/C11H13F2NO2/c12-9(13)6-3-7-1-4-8(5-2-7)10(14)11(15)16/h1-2,4-5,9-10H,3,6,14H2,(H,15,16). The molecule has 1 aromatic rings. The molecule has 88 valence electrons. The molecule has 0 bridgehead atoms. The number of nitrogens with two attached hydrogens (primary N) is 1. The summed E-state index contributed by atoms with van der Waals surface area (Å²) in [4.78, 5) is 10.6. The molecule has 0 saturated heterocycles. The average Bonchev–Trinajstić information content (AvgIpc) is 2.26. The zero-order valence-electron chi connectivity index (χ0n) is 8.57. The van der Waals surface area contributed by atoms with E-state index in [1.54, 1.807) is 24.3 Å². The van der Waals surface area contributed by atoms with Crippen LogP contribution in [0.5, 0.6) is 0 Å². The Labute approximate surface area is 91.9 Å². The Morgan fingerprint density at radius 3 is 2.31 bits per heavy atom. The van der Waals surface area contributed by atoms with Crippen LogP contribution in [0, 0.1) is 0 Å². The number of carboxylic acid groups (broad SMARTS) is 1. The SMILES string of the molecule is NC(C(=O)O)c1ccc(CCC(F)F)cc1. The number of benzene rings is 1. The maximum absolute atomic E-state index is 11.9. The van der Waals surface area contributed by atoms with Crippen LogP contribution < -0.4 is 5.73 Å². The molecule has 0 aliphatic rings. The molecule has 0 aliphatic carbocycles. The van der Waals surface area contributed by atoms with Gasteiger partial charge in [-0.25, -0.2) is 8.78 Å². The van der Waals surface area contributed by atoms with Crippen molar-refractivity contribution in [1.29, 1.82) is 0 Å². The van der Waals surface area contributed by atoms with E-state index in [2.05, 4.69) is 0 Å². The number of carboxylic acids is 1. The van der Waals surface area contributed by atoms with Gasteiger partial charge in [-0.2, -0.15) is 0 Å². The predicted molar refractivity (Wildman–Crippen MR) is 55.3 cm³/mol. The second-order valence-corrected chi connectivity index (χ2v) is 3.49. The van der Waals surface area contributed by atoms with Crippen LogP contribution in [0.2, 0.25) is 0 Å². The van der Waals surface area contributed by atoms with Crippen LogP contribution in [-0.2, 0) is 11.2 Å². The molecule has 0 saturated carbocycles. The number of rotatable bonds is 5. The summed E-state index contributed by atoms with van der Waals surface area (Å²) >= 11 is 0. The van der Waals surface area contributed by atoms with Gasteiger partial charge in [0.2, 0.25) is 6.43 Å². The molecule has 0 radical (unpaired) electrons. The number of carbonyl (C=O) groups is 1. The topological polar surface area (TPSA) is 63.3 Å². The molecule has 5 heteroatoms. The van der Waals surface area contributed by atoms with Gasteiger partial charge in [-0.1, -0.05) is 24.3 Å². The minimum atomic E-state index is -2.32. The van der Waals surface area contributed by atoms with Crippen molar-refractivity contribution in [3.8, 4) is 0 Å². The molecule has 1 aromatic carbocycles. The Morgan fingerprint density at radius 1 is 1.31 bits per heavy atom. The maximum atomic E-state index is 11.9. The zero-order valence-corrected chi connectivity index (χ0v) is 8.57. The smallest absolute Gasteiger partial charge is 0.325 e. The average molecular weight is 229 g/mol. The molecule has 1 unspecified atom stereocenters. The lowest BCUT2D eigenvalue weighted by Crippen LogP contribution is -2.20. The molecule has 1 atom stereocenters. The first-order valence-electron chi connectivity index (χ1n) is 4.86. The van der Waals surface area contributed by atoms with E-state index in [4.69, 9.17) is 10.8 Å². The van der Waals surface area contributed by atoms with E-state index in [0.717, 1.165) is 5.56 Å². The van der Waals surface area contributed by atoms with Crippen molar-refractivity contribution in [2.24, 2.45) is 5.73 Å². The van der Waals surface area contributed by atoms with Crippen molar-refractivity contribution >= 4 is 5.97 Å². The molecule has 0 aromatic heterocycles. The van der Waals surface area contributed by atoms with Crippen molar-refractivity contribution in [3.63, 3.8) is 0 Å². The van der Waals surface area contributed by atoms with Crippen LogP contribution in [0.1, 0.15) is 23.6 Å². The van der Waals surface area contributed by atoms with Crippen molar-refractivity contribution in [2.45, 2.75) is 25.3 Å². The fourth-order valence-corrected chi connectivity index (χ4v) is 1.31. The predicted octanol–water partition coefficient (Wildman–Crippen LogP) is 1.97. The first kappa shape index (κ1) is 12.6. The second kappa shape index (κ2) is 5.55. The molecule has 0 heterocycles. The van der Waals surface area contributed by atoms with Gasteiger partial charge in [-0.3, -0.25) is 4.79 Å². The highest BCUT2D eigenvalue weighted by Crippen LogP contribution is 2.14. The van der Waals surface area contributed by atoms with Crippen LogP contribution in [0.4, 0.5) is 8.78 Å². The van der Waals surface area contributed by atoms with Crippen LogP contribution >= 0.6 is 0 Å². The van der Waals surface area contributed by atoms with Crippen LogP contribution in [0.25, 0.3) is 0 Å². The van der Waals surface area contributed by atoms with Crippen LogP contribution in [0.3, 0.4) is 0 Å². The first-order chi connectivity index (χ1) is 7.50. The van der Waals surface area contributed by atoms with Gasteiger partial charge in [-0.05, 0) is 17.5 Å². The molecular formula is C11H13F2NO2. The first-order valence-corrected chi connectivity index (χ1v) is 4.86. The Balaban J connectivity index is 2.64. The normalized spacial score (nSPS) is 12.8. The summed E-state index contributed by atoms with van der Waals surface area (Å²) in [5, 5.41) is 8.66. The van der Waals surface area contributed by atoms with Gasteiger partial charge in [0.1, 0.15) is 6.04 Å². The van der Waals surface area contributed by atoms with E-state index in [-0.39, 0.29) is 12.8 Å². The quantitative estimate of drug-likeness (QED) is 0.811. The summed E-state index contributed by atoms with van der Waals surface area (Å²) in [5.41, 5.74) is 6.61. The summed E-state index contributed by atoms with van der Waals surface area (Å²) in [6, 6.07) is 5.30. The molecule has 0 aliphatic heterocycles. The van der Waals surface area contributed by atoms with Gasteiger partial charge in [0, 0.05) is 6.42 Å². The highest BCUT2D eigenvalue weighted by atomic mass is 19.3. The van der Waals surface area contributed by atoms with E-state index in [9.17, 15) is 13.6 Å². The monoisotopic (exact) mass is 229 g/mol. The third-order valence-electron chi connectivity index (χ3n) is 2.26. The van der Waals surface area contributed by atoms with E-state index < -0.39 is 18.4 Å². The molecule has 0 spiro atoms. The summed E-state index contributed by atoms with van der Waals surface area (Å²) in [6.45, 7) is 0. The minimum absolute atomic E-state index is 0.190. The Bertz CT molecular complexity index is 352. The highest BCUT2D eigenvalue weighted by Gasteiger charge is 2.13. The van der Waals surface area contributed by atoms with Gasteiger partial charge < -0.3 is 10.8 Å². The lowest BCUT2D eigenvalue weighted by atomic mass is 10.0. The number of aryl methyl sites for hydroxylation is 1.